The van der Waals surface area contributed by atoms with Crippen molar-refractivity contribution < 1.29 is 9.53 Å². The van der Waals surface area contributed by atoms with Crippen molar-refractivity contribution in [3.8, 4) is 11.5 Å². The van der Waals surface area contributed by atoms with Gasteiger partial charge in [0.25, 0.3) is 0 Å². The maximum atomic E-state index is 12.4. The van der Waals surface area contributed by atoms with Gasteiger partial charge in [-0.3, -0.25) is 0 Å². The Morgan fingerprint density at radius 3 is 2.46 bits per heavy atom. The number of rotatable bonds is 5. The van der Waals surface area contributed by atoms with Gasteiger partial charge in [0, 0.05) is 11.6 Å². The van der Waals surface area contributed by atoms with E-state index in [1.807, 2.05) is 61.5 Å². The van der Waals surface area contributed by atoms with Gasteiger partial charge >= 0.3 is 6.03 Å². The fraction of sp³-hybridized carbons (Fsp3) is 0.381. The van der Waals surface area contributed by atoms with Gasteiger partial charge in [0.15, 0.2) is 0 Å². The van der Waals surface area contributed by atoms with Crippen molar-refractivity contribution in [2.45, 2.75) is 31.8 Å². The zero-order valence-corrected chi connectivity index (χ0v) is 15.4. The average Bonchev–Trinajstić information content (AvgIpc) is 2.65. The van der Waals surface area contributed by atoms with E-state index >= 15 is 0 Å². The van der Waals surface area contributed by atoms with E-state index in [1.54, 1.807) is 0 Å². The van der Waals surface area contributed by atoms with Crippen LogP contribution in [0.15, 0.2) is 54.6 Å². The lowest BCUT2D eigenvalue weighted by Crippen LogP contribution is -2.47. The number of carbonyl (C=O) groups excluding carboxylic acids is 1. The van der Waals surface area contributed by atoms with Gasteiger partial charge in [-0.2, -0.15) is 0 Å². The third-order valence-corrected chi connectivity index (χ3v) is 4.76. The highest BCUT2D eigenvalue weighted by atomic mass is 16.5. The molecule has 2 N–H and O–H groups in total. The summed E-state index contributed by atoms with van der Waals surface area (Å²) in [4.78, 5) is 14.7. The average molecular weight is 353 g/mol. The van der Waals surface area contributed by atoms with E-state index in [-0.39, 0.29) is 18.1 Å². The SMILES string of the molecule is CC(NC(=O)NC1CCN(C)CC1)c1ccccc1Oc1ccccc1. The number of nitrogens with zero attached hydrogens (tertiary/aromatic N) is 1. The van der Waals surface area contributed by atoms with Gasteiger partial charge in [-0.15, -0.1) is 0 Å². The highest BCUT2D eigenvalue weighted by Gasteiger charge is 2.20. The van der Waals surface area contributed by atoms with E-state index in [4.69, 9.17) is 4.74 Å². The number of piperidine rings is 1. The van der Waals surface area contributed by atoms with Crippen LogP contribution in [0.1, 0.15) is 31.4 Å². The minimum atomic E-state index is -0.152. The molecule has 0 saturated carbocycles. The first-order chi connectivity index (χ1) is 12.6. The van der Waals surface area contributed by atoms with Crippen molar-refractivity contribution >= 4 is 6.03 Å². The molecule has 2 aromatic rings. The maximum absolute atomic E-state index is 12.4. The van der Waals surface area contributed by atoms with Crippen LogP contribution in [0.5, 0.6) is 11.5 Å². The van der Waals surface area contributed by atoms with Gasteiger partial charge in [0.2, 0.25) is 0 Å². The molecule has 26 heavy (non-hydrogen) atoms. The number of amides is 2. The van der Waals surface area contributed by atoms with Gasteiger partial charge in [-0.25, -0.2) is 4.79 Å². The monoisotopic (exact) mass is 353 g/mol. The molecular weight excluding hydrogens is 326 g/mol. The van der Waals surface area contributed by atoms with Crippen LogP contribution >= 0.6 is 0 Å². The summed E-state index contributed by atoms with van der Waals surface area (Å²) in [6.07, 6.45) is 1.98. The van der Waals surface area contributed by atoms with Crippen LogP contribution in [0.25, 0.3) is 0 Å². The van der Waals surface area contributed by atoms with Crippen LogP contribution in [0.4, 0.5) is 4.79 Å². The number of hydrogen-bond donors (Lipinski definition) is 2. The molecule has 0 aliphatic carbocycles. The molecule has 138 valence electrons. The van der Waals surface area contributed by atoms with Crippen molar-refractivity contribution in [2.75, 3.05) is 20.1 Å². The molecule has 1 atom stereocenters. The Kier molecular flexibility index (Phi) is 6.12. The van der Waals surface area contributed by atoms with E-state index in [9.17, 15) is 4.79 Å². The molecule has 1 saturated heterocycles. The number of ether oxygens (including phenoxy) is 1. The van der Waals surface area contributed by atoms with E-state index in [1.165, 1.54) is 0 Å². The molecule has 1 unspecified atom stereocenters. The number of nitrogens with one attached hydrogen (secondary N) is 2. The summed E-state index contributed by atoms with van der Waals surface area (Å²) in [7, 11) is 2.11. The van der Waals surface area contributed by atoms with Crippen molar-refractivity contribution in [1.29, 1.82) is 0 Å². The molecule has 0 spiro atoms. The quantitative estimate of drug-likeness (QED) is 0.856. The normalized spacial score (nSPS) is 16.7. The Hall–Kier alpha value is -2.53. The third kappa shape index (κ3) is 4.99. The Bertz CT molecular complexity index is 712. The molecule has 5 heteroatoms. The van der Waals surface area contributed by atoms with Gasteiger partial charge < -0.3 is 20.3 Å². The number of hydrogen-bond acceptors (Lipinski definition) is 3. The molecular formula is C21H27N3O2. The number of urea groups is 1. The lowest BCUT2D eigenvalue weighted by molar-refractivity contribution is 0.212. The van der Waals surface area contributed by atoms with Crippen LogP contribution < -0.4 is 15.4 Å². The molecule has 2 amide bonds. The standard InChI is InChI=1S/C21H27N3O2/c1-16(22-21(25)23-17-12-14-24(2)15-13-17)19-10-6-7-11-20(19)26-18-8-4-3-5-9-18/h3-11,16-17H,12-15H2,1-2H3,(H2,22,23,25). The molecule has 1 fully saturated rings. The summed E-state index contributed by atoms with van der Waals surface area (Å²) >= 11 is 0. The van der Waals surface area contributed by atoms with Crippen LogP contribution in [-0.4, -0.2) is 37.1 Å². The first-order valence-corrected chi connectivity index (χ1v) is 9.19. The molecule has 1 heterocycles. The van der Waals surface area contributed by atoms with E-state index in [2.05, 4.69) is 22.6 Å². The second-order valence-corrected chi connectivity index (χ2v) is 6.87. The van der Waals surface area contributed by atoms with Gasteiger partial charge in [0.1, 0.15) is 11.5 Å². The Morgan fingerprint density at radius 1 is 1.08 bits per heavy atom. The summed E-state index contributed by atoms with van der Waals surface area (Å²) in [5.74, 6) is 1.54. The first-order valence-electron chi connectivity index (χ1n) is 9.19. The number of para-hydroxylation sites is 2. The smallest absolute Gasteiger partial charge is 0.315 e. The second kappa shape index (κ2) is 8.72. The van der Waals surface area contributed by atoms with Gasteiger partial charge in [0.05, 0.1) is 6.04 Å². The fourth-order valence-electron chi connectivity index (χ4n) is 3.20. The second-order valence-electron chi connectivity index (χ2n) is 6.87. The number of benzene rings is 2. The van der Waals surface area contributed by atoms with Crippen molar-refractivity contribution in [3.05, 3.63) is 60.2 Å². The van der Waals surface area contributed by atoms with Crippen LogP contribution in [0.3, 0.4) is 0 Å². The Labute approximate surface area is 155 Å². The molecule has 0 bridgehead atoms. The van der Waals surface area contributed by atoms with Gasteiger partial charge in [-0.1, -0.05) is 36.4 Å². The first kappa shape index (κ1) is 18.3. The molecule has 2 aromatic carbocycles. The van der Waals surface area contributed by atoms with Crippen molar-refractivity contribution in [3.63, 3.8) is 0 Å². The van der Waals surface area contributed by atoms with E-state index in [0.717, 1.165) is 43.0 Å². The highest BCUT2D eigenvalue weighted by Crippen LogP contribution is 2.29. The molecule has 3 rings (SSSR count). The highest BCUT2D eigenvalue weighted by molar-refractivity contribution is 5.75. The summed E-state index contributed by atoms with van der Waals surface area (Å²) in [5.41, 5.74) is 0.954. The zero-order valence-electron chi connectivity index (χ0n) is 15.4. The minimum absolute atomic E-state index is 0.124. The topological polar surface area (TPSA) is 53.6 Å². The molecule has 1 aliphatic rings. The van der Waals surface area contributed by atoms with Crippen LogP contribution in [0, 0.1) is 0 Å². The lowest BCUT2D eigenvalue weighted by Gasteiger charge is -2.30. The van der Waals surface area contributed by atoms with E-state index in [0.29, 0.717) is 0 Å². The Morgan fingerprint density at radius 2 is 1.73 bits per heavy atom. The largest absolute Gasteiger partial charge is 0.457 e. The fourth-order valence-corrected chi connectivity index (χ4v) is 3.20. The Balaban J connectivity index is 1.60. The van der Waals surface area contributed by atoms with Crippen molar-refractivity contribution in [1.82, 2.24) is 15.5 Å². The third-order valence-electron chi connectivity index (χ3n) is 4.76. The predicted molar refractivity (Wildman–Crippen MR) is 104 cm³/mol. The molecule has 0 radical (unpaired) electrons. The maximum Gasteiger partial charge on any atom is 0.315 e. The number of carbonyl (C=O) groups is 1. The minimum Gasteiger partial charge on any atom is -0.457 e. The van der Waals surface area contributed by atoms with Crippen molar-refractivity contribution in [2.24, 2.45) is 0 Å². The molecule has 1 aliphatic heterocycles. The summed E-state index contributed by atoms with van der Waals surface area (Å²) in [5, 5.41) is 6.13. The number of likely N-dealkylation sites (tertiary alicyclic amines) is 1. The summed E-state index contributed by atoms with van der Waals surface area (Å²) < 4.78 is 6.00. The lowest BCUT2D eigenvalue weighted by atomic mass is 10.1. The summed E-state index contributed by atoms with van der Waals surface area (Å²) in [6.45, 7) is 4.02. The predicted octanol–water partition coefficient (Wildman–Crippen LogP) is 3.93. The van der Waals surface area contributed by atoms with Crippen LogP contribution in [-0.2, 0) is 0 Å². The van der Waals surface area contributed by atoms with Gasteiger partial charge in [-0.05, 0) is 58.1 Å². The zero-order chi connectivity index (χ0) is 18.4. The molecule has 0 aromatic heterocycles. The van der Waals surface area contributed by atoms with Crippen LogP contribution in [0.2, 0.25) is 0 Å². The molecule has 5 nitrogen and oxygen atoms in total. The van der Waals surface area contributed by atoms with E-state index < -0.39 is 0 Å². The summed E-state index contributed by atoms with van der Waals surface area (Å²) in [6, 6.07) is 17.4.